The number of halogens is 1. The van der Waals surface area contributed by atoms with Crippen LogP contribution in [0.15, 0.2) is 36.4 Å². The number of carboxylic acids is 1. The Bertz CT molecular complexity index is 685. The van der Waals surface area contributed by atoms with Gasteiger partial charge in [-0.3, -0.25) is 4.79 Å². The molecule has 5 unspecified atom stereocenters. The number of alkyl halides is 1. The third-order valence-electron chi connectivity index (χ3n) is 6.73. The fourth-order valence-corrected chi connectivity index (χ4v) is 5.07. The molecule has 1 aromatic rings. The summed E-state index contributed by atoms with van der Waals surface area (Å²) in [6, 6.07) is 8.29. The summed E-state index contributed by atoms with van der Waals surface area (Å²) >= 11 is 0. The normalized spacial score (nSPS) is 27.2. The number of hydrogen-bond acceptors (Lipinski definition) is 3. The van der Waals surface area contributed by atoms with Crippen LogP contribution in [0.1, 0.15) is 56.1 Å². The van der Waals surface area contributed by atoms with Gasteiger partial charge in [0, 0.05) is 54.1 Å². The predicted molar refractivity (Wildman–Crippen MR) is 110 cm³/mol. The number of fused-ring (bicyclic) bond motifs is 1. The molecular weight excluding hydrogens is 512 g/mol. The summed E-state index contributed by atoms with van der Waals surface area (Å²) in [5, 5.41) is 29.6. The van der Waals surface area contributed by atoms with Crippen LogP contribution in [0.5, 0.6) is 0 Å². The largest absolute Gasteiger partial charge is 0.481 e. The van der Waals surface area contributed by atoms with E-state index >= 15 is 0 Å². The van der Waals surface area contributed by atoms with Crippen molar-refractivity contribution in [1.82, 2.24) is 0 Å². The SMILES string of the molecule is O=C(O)CCC/C=C/CC1C(O)CC(F)C1CCC(O)C1Cc2ccccc2C1.[Pr]. The Morgan fingerprint density at radius 3 is 2.47 bits per heavy atom. The number of hydrogen-bond donors (Lipinski definition) is 3. The van der Waals surface area contributed by atoms with E-state index in [1.165, 1.54) is 11.1 Å². The van der Waals surface area contributed by atoms with Crippen LogP contribution in [0.25, 0.3) is 0 Å². The van der Waals surface area contributed by atoms with Gasteiger partial charge in [-0.05, 0) is 73.8 Å². The van der Waals surface area contributed by atoms with Gasteiger partial charge >= 0.3 is 5.97 Å². The summed E-state index contributed by atoms with van der Waals surface area (Å²) in [6.45, 7) is 0. The molecule has 6 heteroatoms. The molecule has 0 heterocycles. The molecule has 3 N–H and O–H groups in total. The maximum atomic E-state index is 14.5. The fraction of sp³-hybridized carbons (Fsp3) is 0.625. The summed E-state index contributed by atoms with van der Waals surface area (Å²) in [6.07, 6.45) is 6.87. The van der Waals surface area contributed by atoms with Gasteiger partial charge in [0.05, 0.1) is 12.2 Å². The average Bonchev–Trinajstić information content (AvgIpc) is 3.23. The molecule has 2 aliphatic carbocycles. The van der Waals surface area contributed by atoms with Crippen molar-refractivity contribution in [3.63, 3.8) is 0 Å². The van der Waals surface area contributed by atoms with Gasteiger partial charge in [0.1, 0.15) is 6.17 Å². The van der Waals surface area contributed by atoms with Crippen LogP contribution in [-0.2, 0) is 17.6 Å². The smallest absolute Gasteiger partial charge is 0.303 e. The van der Waals surface area contributed by atoms with Crippen LogP contribution >= 0.6 is 0 Å². The summed E-state index contributed by atoms with van der Waals surface area (Å²) in [7, 11) is 0. The third-order valence-corrected chi connectivity index (χ3v) is 6.73. The Labute approximate surface area is 211 Å². The Hall–Kier alpha value is -0.356. The van der Waals surface area contributed by atoms with Gasteiger partial charge in [0.15, 0.2) is 0 Å². The molecule has 0 saturated heterocycles. The predicted octanol–water partition coefficient (Wildman–Crippen LogP) is 4.08. The van der Waals surface area contributed by atoms with E-state index in [-0.39, 0.29) is 71.9 Å². The molecule has 4 nitrogen and oxygen atoms in total. The molecule has 0 aromatic heterocycles. The summed E-state index contributed by atoms with van der Waals surface area (Å²) in [5.41, 5.74) is 2.62. The summed E-state index contributed by atoms with van der Waals surface area (Å²) in [5.74, 6) is -0.959. The van der Waals surface area contributed by atoms with Gasteiger partial charge in [-0.1, -0.05) is 36.4 Å². The maximum Gasteiger partial charge on any atom is 0.303 e. The minimum Gasteiger partial charge on any atom is -0.481 e. The van der Waals surface area contributed by atoms with Crippen molar-refractivity contribution in [2.75, 3.05) is 0 Å². The van der Waals surface area contributed by atoms with Gasteiger partial charge in [-0.15, -0.1) is 0 Å². The molecule has 163 valence electrons. The molecule has 0 spiro atoms. The van der Waals surface area contributed by atoms with E-state index in [1.807, 2.05) is 24.3 Å². The molecule has 30 heavy (non-hydrogen) atoms. The van der Waals surface area contributed by atoms with Crippen molar-refractivity contribution in [2.24, 2.45) is 17.8 Å². The van der Waals surface area contributed by atoms with Crippen LogP contribution in [0.3, 0.4) is 0 Å². The van der Waals surface area contributed by atoms with Crippen LogP contribution in [0.4, 0.5) is 4.39 Å². The molecule has 1 saturated carbocycles. The van der Waals surface area contributed by atoms with E-state index in [9.17, 15) is 19.4 Å². The first kappa shape index (κ1) is 25.9. The standard InChI is InChI=1S/C24H33FO4.Pr/c25-21-15-23(27)20(9-3-1-2-4-10-24(28)29)19(21)11-12-22(26)18-13-16-7-5-6-8-17(16)14-18;/h1,3,5-8,18-23,26-27H,2,4,9-15H2,(H,28,29);/b3-1+;. The van der Waals surface area contributed by atoms with Crippen molar-refractivity contribution < 1.29 is 65.8 Å². The number of rotatable bonds is 10. The quantitative estimate of drug-likeness (QED) is 0.306. The zero-order valence-corrected chi connectivity index (χ0v) is 21.2. The molecule has 1 radical (unpaired) electrons. The minimum absolute atomic E-state index is 0. The molecule has 0 bridgehead atoms. The number of aliphatic hydroxyl groups is 2. The summed E-state index contributed by atoms with van der Waals surface area (Å²) in [4.78, 5) is 10.5. The molecule has 1 fully saturated rings. The molecule has 3 rings (SSSR count). The third kappa shape index (κ3) is 7.08. The number of carboxylic acid groups (broad SMARTS) is 1. The van der Waals surface area contributed by atoms with Crippen LogP contribution < -0.4 is 0 Å². The number of aliphatic carboxylic acids is 1. The fourth-order valence-electron chi connectivity index (χ4n) is 5.07. The maximum absolute atomic E-state index is 14.5. The second kappa shape index (κ2) is 12.6. The van der Waals surface area contributed by atoms with Crippen molar-refractivity contribution in [3.8, 4) is 0 Å². The van der Waals surface area contributed by atoms with Gasteiger partial charge < -0.3 is 15.3 Å². The first-order chi connectivity index (χ1) is 14.0. The van der Waals surface area contributed by atoms with Crippen molar-refractivity contribution >= 4 is 5.97 Å². The number of aliphatic hydroxyl groups excluding tert-OH is 2. The number of benzene rings is 1. The van der Waals surface area contributed by atoms with Gasteiger partial charge in [-0.2, -0.15) is 0 Å². The first-order valence-electron chi connectivity index (χ1n) is 10.9. The molecule has 0 aliphatic heterocycles. The Kier molecular flexibility index (Phi) is 10.9. The number of carbonyl (C=O) groups is 1. The van der Waals surface area contributed by atoms with E-state index < -0.39 is 24.3 Å². The van der Waals surface area contributed by atoms with E-state index in [1.54, 1.807) is 0 Å². The number of allylic oxidation sites excluding steroid dienone is 2. The molecule has 1 aromatic carbocycles. The molecule has 2 aliphatic rings. The summed E-state index contributed by atoms with van der Waals surface area (Å²) < 4.78 is 14.5. The monoisotopic (exact) mass is 545 g/mol. The second-order valence-electron chi connectivity index (χ2n) is 8.72. The Morgan fingerprint density at radius 1 is 1.17 bits per heavy atom. The van der Waals surface area contributed by atoms with Crippen molar-refractivity contribution in [3.05, 3.63) is 47.5 Å². The topological polar surface area (TPSA) is 77.8 Å². The number of unbranched alkanes of at least 4 members (excludes halogenated alkanes) is 1. The van der Waals surface area contributed by atoms with E-state index in [4.69, 9.17) is 5.11 Å². The Balaban J connectivity index is 0.00000320. The molecule has 0 amide bonds. The average molecular weight is 545 g/mol. The van der Waals surface area contributed by atoms with Gasteiger partial charge in [0.2, 0.25) is 0 Å². The van der Waals surface area contributed by atoms with Gasteiger partial charge in [0.25, 0.3) is 0 Å². The first-order valence-corrected chi connectivity index (χ1v) is 10.9. The zero-order valence-electron chi connectivity index (χ0n) is 17.5. The van der Waals surface area contributed by atoms with Crippen molar-refractivity contribution in [1.29, 1.82) is 0 Å². The van der Waals surface area contributed by atoms with E-state index in [0.717, 1.165) is 12.8 Å². The minimum atomic E-state index is -1.02. The Morgan fingerprint density at radius 2 is 1.83 bits per heavy atom. The zero-order chi connectivity index (χ0) is 20.8. The van der Waals surface area contributed by atoms with E-state index in [0.29, 0.717) is 32.1 Å². The molecular formula is C24H33FO4Pr. The molecule has 5 atom stereocenters. The second-order valence-corrected chi connectivity index (χ2v) is 8.72. The van der Waals surface area contributed by atoms with E-state index in [2.05, 4.69) is 12.1 Å². The van der Waals surface area contributed by atoms with Crippen LogP contribution in [0.2, 0.25) is 0 Å². The van der Waals surface area contributed by atoms with Crippen molar-refractivity contribution in [2.45, 2.75) is 76.2 Å². The van der Waals surface area contributed by atoms with Crippen LogP contribution in [-0.4, -0.2) is 39.7 Å². The van der Waals surface area contributed by atoms with Crippen LogP contribution in [0, 0.1) is 59.0 Å². The van der Waals surface area contributed by atoms with Gasteiger partial charge in [-0.25, -0.2) is 4.39 Å².